The summed E-state index contributed by atoms with van der Waals surface area (Å²) in [5, 5.41) is 4.75. The average molecular weight is 384 g/mol. The third-order valence-corrected chi connectivity index (χ3v) is 4.66. The number of carbonyl (C=O) groups is 2. The van der Waals surface area contributed by atoms with Crippen molar-refractivity contribution >= 4 is 28.9 Å². The van der Waals surface area contributed by atoms with E-state index in [0.29, 0.717) is 10.7 Å². The number of nitrogens with zero attached hydrogens (tertiary/aromatic N) is 1. The zero-order valence-electron chi connectivity index (χ0n) is 14.6. The van der Waals surface area contributed by atoms with Crippen LogP contribution in [0.1, 0.15) is 23.0 Å². The Morgan fingerprint density at radius 1 is 1.19 bits per heavy atom. The molecule has 1 N–H and O–H groups in total. The molecule has 5 nitrogen and oxygen atoms in total. The van der Waals surface area contributed by atoms with Crippen molar-refractivity contribution in [3.05, 3.63) is 71.0 Å². The molecule has 1 amide bonds. The highest BCUT2D eigenvalue weighted by atomic mass is 32.1. The topological polar surface area (TPSA) is 68.3 Å². The first-order valence-electron chi connectivity index (χ1n) is 8.32. The molecule has 1 heterocycles. The highest BCUT2D eigenvalue weighted by Gasteiger charge is 2.15. The van der Waals surface area contributed by atoms with Gasteiger partial charge in [0.1, 0.15) is 10.8 Å². The van der Waals surface area contributed by atoms with E-state index in [2.05, 4.69) is 17.2 Å². The number of carbonyl (C=O) groups excluding carboxylic acids is 2. The number of aryl methyl sites for hydroxylation is 1. The van der Waals surface area contributed by atoms with Gasteiger partial charge in [-0.15, -0.1) is 11.3 Å². The van der Waals surface area contributed by atoms with E-state index in [1.807, 2.05) is 24.3 Å². The second-order valence-electron chi connectivity index (χ2n) is 5.72. The van der Waals surface area contributed by atoms with Gasteiger partial charge in [0.2, 0.25) is 0 Å². The third-order valence-electron chi connectivity index (χ3n) is 3.77. The molecule has 138 valence electrons. The molecule has 0 aliphatic carbocycles. The molecular weight excluding hydrogens is 367 g/mol. The summed E-state index contributed by atoms with van der Waals surface area (Å²) in [6.07, 6.45) is 0.952. The molecule has 27 heavy (non-hydrogen) atoms. The zero-order valence-corrected chi connectivity index (χ0v) is 15.4. The van der Waals surface area contributed by atoms with E-state index >= 15 is 0 Å². The SMILES string of the molecule is CCc1ccc(-c2nc(C(=O)OCC(=O)Nc3cccc(F)c3)cs2)cc1. The summed E-state index contributed by atoms with van der Waals surface area (Å²) >= 11 is 1.33. The Balaban J connectivity index is 1.56. The summed E-state index contributed by atoms with van der Waals surface area (Å²) in [6.45, 7) is 1.60. The summed E-state index contributed by atoms with van der Waals surface area (Å²) < 4.78 is 18.1. The van der Waals surface area contributed by atoms with Crippen LogP contribution in [0.3, 0.4) is 0 Å². The van der Waals surface area contributed by atoms with Crippen molar-refractivity contribution in [2.75, 3.05) is 11.9 Å². The van der Waals surface area contributed by atoms with Crippen molar-refractivity contribution in [3.8, 4) is 10.6 Å². The number of aromatic nitrogens is 1. The molecule has 1 aromatic heterocycles. The van der Waals surface area contributed by atoms with Crippen LogP contribution in [0.5, 0.6) is 0 Å². The maximum Gasteiger partial charge on any atom is 0.358 e. The Bertz CT molecular complexity index is 954. The minimum absolute atomic E-state index is 0.146. The standard InChI is InChI=1S/C20H17FN2O3S/c1-2-13-6-8-14(9-7-13)19-23-17(12-27-19)20(25)26-11-18(24)22-16-5-3-4-15(21)10-16/h3-10,12H,2,11H2,1H3,(H,22,24). The Hall–Kier alpha value is -3.06. The lowest BCUT2D eigenvalue weighted by Gasteiger charge is -2.05. The van der Waals surface area contributed by atoms with Crippen molar-refractivity contribution in [2.45, 2.75) is 13.3 Å². The van der Waals surface area contributed by atoms with Gasteiger partial charge in [-0.2, -0.15) is 0 Å². The van der Waals surface area contributed by atoms with Crippen LogP contribution in [0.2, 0.25) is 0 Å². The summed E-state index contributed by atoms with van der Waals surface area (Å²) in [6, 6.07) is 13.4. The van der Waals surface area contributed by atoms with Gasteiger partial charge < -0.3 is 10.1 Å². The van der Waals surface area contributed by atoms with Gasteiger partial charge in [-0.1, -0.05) is 37.3 Å². The maximum atomic E-state index is 13.1. The Kier molecular flexibility index (Phi) is 5.93. The van der Waals surface area contributed by atoms with Crippen LogP contribution >= 0.6 is 11.3 Å². The van der Waals surface area contributed by atoms with Crippen LogP contribution in [-0.4, -0.2) is 23.5 Å². The van der Waals surface area contributed by atoms with Gasteiger partial charge in [-0.3, -0.25) is 4.79 Å². The molecule has 0 aliphatic rings. The summed E-state index contributed by atoms with van der Waals surface area (Å²) in [5.74, 6) is -1.71. The minimum Gasteiger partial charge on any atom is -0.451 e. The van der Waals surface area contributed by atoms with Gasteiger partial charge >= 0.3 is 5.97 Å². The monoisotopic (exact) mass is 384 g/mol. The number of nitrogens with one attached hydrogen (secondary N) is 1. The van der Waals surface area contributed by atoms with Crippen LogP contribution in [0.4, 0.5) is 10.1 Å². The van der Waals surface area contributed by atoms with Crippen LogP contribution in [0.15, 0.2) is 53.9 Å². The highest BCUT2D eigenvalue weighted by Crippen LogP contribution is 2.24. The number of halogens is 1. The zero-order chi connectivity index (χ0) is 19.2. The van der Waals surface area contributed by atoms with Gasteiger partial charge in [0.05, 0.1) is 0 Å². The molecular formula is C20H17FN2O3S. The van der Waals surface area contributed by atoms with E-state index < -0.39 is 24.3 Å². The molecule has 3 rings (SSSR count). The van der Waals surface area contributed by atoms with Crippen LogP contribution in [-0.2, 0) is 16.0 Å². The van der Waals surface area contributed by atoms with Gasteiger partial charge in [0, 0.05) is 16.6 Å². The number of anilines is 1. The molecule has 7 heteroatoms. The molecule has 0 saturated heterocycles. The number of hydrogen-bond donors (Lipinski definition) is 1. The van der Waals surface area contributed by atoms with Crippen molar-refractivity contribution in [3.63, 3.8) is 0 Å². The van der Waals surface area contributed by atoms with Gasteiger partial charge in [-0.25, -0.2) is 14.2 Å². The molecule has 0 bridgehead atoms. The molecule has 0 spiro atoms. The second kappa shape index (κ2) is 8.55. The fourth-order valence-corrected chi connectivity index (χ4v) is 3.15. The lowest BCUT2D eigenvalue weighted by molar-refractivity contribution is -0.119. The van der Waals surface area contributed by atoms with Gasteiger partial charge in [-0.05, 0) is 30.2 Å². The fourth-order valence-electron chi connectivity index (χ4n) is 2.35. The van der Waals surface area contributed by atoms with E-state index in [9.17, 15) is 14.0 Å². The molecule has 0 fully saturated rings. The first-order chi connectivity index (χ1) is 13.0. The Morgan fingerprint density at radius 2 is 1.96 bits per heavy atom. The Labute approximate surface area is 159 Å². The number of benzene rings is 2. The number of hydrogen-bond acceptors (Lipinski definition) is 5. The summed E-state index contributed by atoms with van der Waals surface area (Å²) in [4.78, 5) is 28.2. The van der Waals surface area contributed by atoms with E-state index in [4.69, 9.17) is 4.74 Å². The summed E-state index contributed by atoms with van der Waals surface area (Å²) in [7, 11) is 0. The highest BCUT2D eigenvalue weighted by molar-refractivity contribution is 7.13. The number of esters is 1. The fraction of sp³-hybridized carbons (Fsp3) is 0.150. The quantitative estimate of drug-likeness (QED) is 0.643. The molecule has 3 aromatic rings. The van der Waals surface area contributed by atoms with Crippen LogP contribution in [0.25, 0.3) is 10.6 Å². The molecule has 2 aromatic carbocycles. The molecule has 0 saturated carbocycles. The smallest absolute Gasteiger partial charge is 0.358 e. The first-order valence-corrected chi connectivity index (χ1v) is 9.20. The van der Waals surface area contributed by atoms with Crippen LogP contribution in [0, 0.1) is 5.82 Å². The van der Waals surface area contributed by atoms with E-state index in [-0.39, 0.29) is 5.69 Å². The lowest BCUT2D eigenvalue weighted by Crippen LogP contribution is -2.21. The van der Waals surface area contributed by atoms with Crippen molar-refractivity contribution in [2.24, 2.45) is 0 Å². The van der Waals surface area contributed by atoms with E-state index in [0.717, 1.165) is 12.0 Å². The number of rotatable bonds is 6. The maximum absolute atomic E-state index is 13.1. The largest absolute Gasteiger partial charge is 0.451 e. The second-order valence-corrected chi connectivity index (χ2v) is 6.58. The minimum atomic E-state index is -0.683. The normalized spacial score (nSPS) is 10.4. The van der Waals surface area contributed by atoms with Crippen LogP contribution < -0.4 is 5.32 Å². The molecule has 0 unspecified atom stereocenters. The number of ether oxygens (including phenoxy) is 1. The van der Waals surface area contributed by atoms with Crippen molar-refractivity contribution in [1.82, 2.24) is 4.98 Å². The van der Waals surface area contributed by atoms with Crippen molar-refractivity contribution < 1.29 is 18.7 Å². The van der Waals surface area contributed by atoms with Crippen molar-refractivity contribution in [1.29, 1.82) is 0 Å². The molecule has 0 radical (unpaired) electrons. The predicted molar refractivity (Wildman–Crippen MR) is 102 cm³/mol. The third kappa shape index (κ3) is 4.98. The summed E-state index contributed by atoms with van der Waals surface area (Å²) in [5.41, 5.74) is 2.58. The Morgan fingerprint density at radius 3 is 2.67 bits per heavy atom. The predicted octanol–water partition coefficient (Wildman–Crippen LogP) is 4.31. The first kappa shape index (κ1) is 18.7. The van der Waals surface area contributed by atoms with E-state index in [1.54, 1.807) is 11.4 Å². The molecule has 0 atom stereocenters. The number of amides is 1. The lowest BCUT2D eigenvalue weighted by atomic mass is 10.1. The van der Waals surface area contributed by atoms with E-state index in [1.165, 1.54) is 35.1 Å². The van der Waals surface area contributed by atoms with Gasteiger partial charge in [0.15, 0.2) is 12.3 Å². The van der Waals surface area contributed by atoms with Gasteiger partial charge in [0.25, 0.3) is 5.91 Å². The molecule has 0 aliphatic heterocycles. The average Bonchev–Trinajstić information content (AvgIpc) is 3.16. The number of thiazole rings is 1.